The molecule has 0 aromatic rings. The van der Waals surface area contributed by atoms with Gasteiger partial charge < -0.3 is 0 Å². The van der Waals surface area contributed by atoms with Crippen LogP contribution in [0.25, 0.3) is 0 Å². The molecule has 0 bridgehead atoms. The fourth-order valence-electron chi connectivity index (χ4n) is 6.88. The van der Waals surface area contributed by atoms with E-state index in [1.807, 2.05) is 0 Å². The van der Waals surface area contributed by atoms with Crippen molar-refractivity contribution in [3.05, 3.63) is 11.6 Å². The molecule has 0 aromatic heterocycles. The molecule has 0 saturated heterocycles. The van der Waals surface area contributed by atoms with Crippen LogP contribution in [0.15, 0.2) is 11.6 Å². The van der Waals surface area contributed by atoms with Crippen molar-refractivity contribution >= 4 is 3.90 Å². The van der Waals surface area contributed by atoms with Gasteiger partial charge in [-0.15, -0.1) is 0 Å². The van der Waals surface area contributed by atoms with Crippen LogP contribution >= 0.6 is 0 Å². The average molecular weight is 484 g/mol. The molecule has 128 valence electrons. The van der Waals surface area contributed by atoms with Gasteiger partial charge >= 0.3 is 153 Å². The van der Waals surface area contributed by atoms with Crippen molar-refractivity contribution in [2.45, 2.75) is 78.7 Å². The van der Waals surface area contributed by atoms with E-state index in [0.717, 1.165) is 18.3 Å². The first kappa shape index (κ1) is 16.7. The molecule has 1 nitrogen and oxygen atoms in total. The van der Waals surface area contributed by atoms with Gasteiger partial charge in [-0.2, -0.15) is 0 Å². The van der Waals surface area contributed by atoms with Crippen LogP contribution < -0.4 is 0 Å². The Balaban J connectivity index is 1.74. The van der Waals surface area contributed by atoms with E-state index in [0.29, 0.717) is 16.7 Å². The summed E-state index contributed by atoms with van der Waals surface area (Å²) in [6.07, 6.45) is 11.3. The summed E-state index contributed by atoms with van der Waals surface area (Å²) < 4.78 is 1.74. The Bertz CT molecular complexity index is 576. The Morgan fingerprint density at radius 1 is 1.13 bits per heavy atom. The van der Waals surface area contributed by atoms with Gasteiger partial charge in [0.15, 0.2) is 0 Å². The summed E-state index contributed by atoms with van der Waals surface area (Å²) in [6, 6.07) is 0. The monoisotopic (exact) mass is 484 g/mol. The van der Waals surface area contributed by atoms with E-state index in [-0.39, 0.29) is 11.5 Å². The topological polar surface area (TPSA) is 20.2 Å². The van der Waals surface area contributed by atoms with E-state index >= 15 is 0 Å². The van der Waals surface area contributed by atoms with E-state index < -0.39 is 0 Å². The minimum atomic E-state index is -0.0939. The van der Waals surface area contributed by atoms with Gasteiger partial charge in [0.05, 0.1) is 0 Å². The molecular formula is C21H32OW. The van der Waals surface area contributed by atoms with Gasteiger partial charge in [-0.05, 0) is 0 Å². The van der Waals surface area contributed by atoms with E-state index in [1.165, 1.54) is 38.5 Å². The Morgan fingerprint density at radius 2 is 1.87 bits per heavy atom. The molecule has 23 heavy (non-hydrogen) atoms. The first-order valence-electron chi connectivity index (χ1n) is 9.58. The number of allylic oxidation sites excluding steroid dienone is 2. The third kappa shape index (κ3) is 2.28. The molecule has 0 aliphatic heterocycles. The molecule has 2 heteroatoms. The van der Waals surface area contributed by atoms with Crippen LogP contribution in [0.5, 0.6) is 0 Å². The fourth-order valence-corrected chi connectivity index (χ4v) is 8.15. The molecule has 0 aromatic carbocycles. The maximum atomic E-state index is 11.2. The van der Waals surface area contributed by atoms with E-state index in [4.69, 9.17) is 0 Å². The van der Waals surface area contributed by atoms with Crippen molar-refractivity contribution in [1.29, 1.82) is 0 Å². The zero-order valence-corrected chi connectivity index (χ0v) is 18.1. The first-order valence-corrected chi connectivity index (χ1v) is 11.0. The summed E-state index contributed by atoms with van der Waals surface area (Å²) in [4.78, 5) is 0. The van der Waals surface area contributed by atoms with Crippen molar-refractivity contribution < 1.29 is 24.5 Å². The van der Waals surface area contributed by atoms with Gasteiger partial charge in [0.2, 0.25) is 0 Å². The van der Waals surface area contributed by atoms with Gasteiger partial charge in [-0.25, -0.2) is 0 Å². The molecule has 4 aliphatic rings. The van der Waals surface area contributed by atoms with Crippen molar-refractivity contribution in [1.82, 2.24) is 0 Å². The van der Waals surface area contributed by atoms with Crippen LogP contribution in [-0.4, -0.2) is 15.1 Å². The number of rotatable bonds is 0. The summed E-state index contributed by atoms with van der Waals surface area (Å²) >= 11 is 1.67. The van der Waals surface area contributed by atoms with E-state index in [2.05, 4.69) is 33.8 Å². The molecule has 1 N–H and O–H groups in total. The SMILES string of the molecule is CC1(C)CCC2(C)C(=CCC3C4CC[C](=[W])C4(C)CC(O)C32)C1. The third-order valence-electron chi connectivity index (χ3n) is 8.26. The Hall–Kier alpha value is 0.258. The van der Waals surface area contributed by atoms with Crippen molar-refractivity contribution in [3.63, 3.8) is 0 Å². The van der Waals surface area contributed by atoms with Crippen LogP contribution in [0.3, 0.4) is 0 Å². The standard InChI is InChI=1S/C21H32O.W/c1-19(2)10-11-21(4)14(12-19)7-8-15-16-6-5-9-20(16,3)13-17(22)18(15)21;/h7,15-18,22H,5-6,8,10-13H2,1-4H3;. The summed E-state index contributed by atoms with van der Waals surface area (Å²) in [5.74, 6) is 2.06. The molecule has 0 spiro atoms. The molecule has 3 saturated carbocycles. The second-order valence-electron chi connectivity index (χ2n) is 10.2. The van der Waals surface area contributed by atoms with Gasteiger partial charge in [-0.1, -0.05) is 0 Å². The molecule has 4 aliphatic carbocycles. The minimum absolute atomic E-state index is 0.0939. The van der Waals surface area contributed by atoms with Crippen LogP contribution in [0, 0.1) is 34.0 Å². The summed E-state index contributed by atoms with van der Waals surface area (Å²) in [7, 11) is 0. The molecular weight excluding hydrogens is 452 g/mol. The average Bonchev–Trinajstić information content (AvgIpc) is 2.75. The molecule has 6 atom stereocenters. The van der Waals surface area contributed by atoms with Crippen LogP contribution in [-0.2, 0) is 19.4 Å². The number of fused-ring (bicyclic) bond motifs is 5. The zero-order chi connectivity index (χ0) is 16.6. The normalized spacial score (nSPS) is 51.5. The predicted octanol–water partition coefficient (Wildman–Crippen LogP) is 4.67. The second-order valence-corrected chi connectivity index (χ2v) is 11.9. The summed E-state index contributed by atoms with van der Waals surface area (Å²) in [5, 5.41) is 11.2. The quantitative estimate of drug-likeness (QED) is 0.496. The van der Waals surface area contributed by atoms with Gasteiger partial charge in [-0.3, -0.25) is 0 Å². The molecule has 3 fully saturated rings. The number of aliphatic hydroxyl groups is 1. The second kappa shape index (κ2) is 5.14. The molecule has 0 heterocycles. The molecule has 0 radical (unpaired) electrons. The van der Waals surface area contributed by atoms with Crippen molar-refractivity contribution in [2.24, 2.45) is 34.0 Å². The molecule has 4 rings (SSSR count). The van der Waals surface area contributed by atoms with E-state index in [9.17, 15) is 5.11 Å². The maximum absolute atomic E-state index is 11.2. The van der Waals surface area contributed by atoms with Gasteiger partial charge in [0.1, 0.15) is 0 Å². The Morgan fingerprint density at radius 3 is 2.61 bits per heavy atom. The van der Waals surface area contributed by atoms with Crippen molar-refractivity contribution in [2.75, 3.05) is 0 Å². The van der Waals surface area contributed by atoms with Gasteiger partial charge in [0.25, 0.3) is 0 Å². The van der Waals surface area contributed by atoms with Crippen LogP contribution in [0.4, 0.5) is 0 Å². The van der Waals surface area contributed by atoms with Crippen LogP contribution in [0.1, 0.15) is 72.6 Å². The predicted molar refractivity (Wildman–Crippen MR) is 91.9 cm³/mol. The van der Waals surface area contributed by atoms with Crippen LogP contribution in [0.2, 0.25) is 0 Å². The Kier molecular flexibility index (Phi) is 3.73. The summed E-state index contributed by atoms with van der Waals surface area (Å²) in [6.45, 7) is 9.81. The number of hydrogen-bond acceptors (Lipinski definition) is 1. The summed E-state index contributed by atoms with van der Waals surface area (Å²) in [5.41, 5.74) is 2.74. The van der Waals surface area contributed by atoms with Gasteiger partial charge in [0, 0.05) is 0 Å². The molecule has 0 amide bonds. The molecule has 6 unspecified atom stereocenters. The first-order chi connectivity index (χ1) is 10.7. The zero-order valence-electron chi connectivity index (χ0n) is 15.2. The fraction of sp³-hybridized carbons (Fsp3) is 0.857. The third-order valence-corrected chi connectivity index (χ3v) is 10.7. The van der Waals surface area contributed by atoms with E-state index in [1.54, 1.807) is 28.8 Å². The number of aliphatic hydroxyl groups excluding tert-OH is 1. The van der Waals surface area contributed by atoms with Crippen molar-refractivity contribution in [3.8, 4) is 0 Å². The Labute approximate surface area is 152 Å². The number of hydrogen-bond donors (Lipinski definition) is 1.